The van der Waals surface area contributed by atoms with Crippen LogP contribution in [0.4, 0.5) is 9.59 Å². The van der Waals surface area contributed by atoms with Gasteiger partial charge in [0.15, 0.2) is 0 Å². The van der Waals surface area contributed by atoms with Gasteiger partial charge in [-0.15, -0.1) is 0 Å². The van der Waals surface area contributed by atoms with Gasteiger partial charge in [0.25, 0.3) is 0 Å². The van der Waals surface area contributed by atoms with Gasteiger partial charge in [0, 0.05) is 6.54 Å². The van der Waals surface area contributed by atoms with Gasteiger partial charge in [0.1, 0.15) is 11.6 Å². The largest absolute Gasteiger partial charge is 0.444 e. The van der Waals surface area contributed by atoms with E-state index in [9.17, 15) is 19.5 Å². The van der Waals surface area contributed by atoms with Crippen LogP contribution in [0.15, 0.2) is 0 Å². The molecule has 9 heteroatoms. The molecule has 0 aromatic rings. The number of ether oxygens (including phenoxy) is 1. The fourth-order valence-corrected chi connectivity index (χ4v) is 2.03. The molecule has 0 bridgehead atoms. The zero-order valence-electron chi connectivity index (χ0n) is 15.7. The average Bonchev–Trinajstić information content (AvgIpc) is 2.45. The molecule has 1 unspecified atom stereocenters. The van der Waals surface area contributed by atoms with E-state index in [4.69, 9.17) is 10.5 Å². The fourth-order valence-electron chi connectivity index (χ4n) is 2.03. The molecule has 0 aliphatic heterocycles. The Morgan fingerprint density at radius 2 is 1.76 bits per heavy atom. The lowest BCUT2D eigenvalue weighted by Gasteiger charge is -2.26. The van der Waals surface area contributed by atoms with Gasteiger partial charge >= 0.3 is 12.1 Å². The molecule has 2 atom stereocenters. The Balaban J connectivity index is 4.59. The van der Waals surface area contributed by atoms with Crippen LogP contribution in [0.5, 0.6) is 0 Å². The highest BCUT2D eigenvalue weighted by Crippen LogP contribution is 2.09. The highest BCUT2D eigenvalue weighted by Gasteiger charge is 2.28. The lowest BCUT2D eigenvalue weighted by atomic mass is 10.0. The van der Waals surface area contributed by atoms with E-state index in [1.54, 1.807) is 34.6 Å². The summed E-state index contributed by atoms with van der Waals surface area (Å²) in [7, 11) is 0. The number of alkyl carbamates (subject to hydrolysis) is 1. The Hall–Kier alpha value is -2.03. The number of nitrogens with two attached hydrogens (primary N) is 1. The molecule has 0 spiro atoms. The van der Waals surface area contributed by atoms with Crippen molar-refractivity contribution in [1.82, 2.24) is 16.0 Å². The summed E-state index contributed by atoms with van der Waals surface area (Å²) in [5, 5.41) is 17.1. The third-order valence-electron chi connectivity index (χ3n) is 3.22. The first-order valence-corrected chi connectivity index (χ1v) is 8.40. The van der Waals surface area contributed by atoms with Crippen LogP contribution in [0.3, 0.4) is 0 Å². The quantitative estimate of drug-likeness (QED) is 0.380. The van der Waals surface area contributed by atoms with Crippen LogP contribution in [0.25, 0.3) is 0 Å². The van der Waals surface area contributed by atoms with Crippen molar-refractivity contribution in [2.75, 3.05) is 13.2 Å². The summed E-state index contributed by atoms with van der Waals surface area (Å²) in [5.74, 6) is -0.564. The maximum Gasteiger partial charge on any atom is 0.408 e. The maximum absolute atomic E-state index is 12.4. The number of urea groups is 1. The Morgan fingerprint density at radius 3 is 2.20 bits per heavy atom. The van der Waals surface area contributed by atoms with Gasteiger partial charge in [0.05, 0.1) is 12.6 Å². The monoisotopic (exact) mass is 360 g/mol. The molecule has 0 fully saturated rings. The van der Waals surface area contributed by atoms with E-state index >= 15 is 0 Å². The molecule has 0 aliphatic carbocycles. The minimum absolute atomic E-state index is 0.164. The molecule has 0 heterocycles. The van der Waals surface area contributed by atoms with Crippen LogP contribution < -0.4 is 21.7 Å². The fraction of sp³-hybridized carbons (Fsp3) is 0.812. The third kappa shape index (κ3) is 11.2. The summed E-state index contributed by atoms with van der Waals surface area (Å²) in [5.41, 5.74) is 4.30. The van der Waals surface area contributed by atoms with Crippen LogP contribution >= 0.6 is 0 Å². The summed E-state index contributed by atoms with van der Waals surface area (Å²) >= 11 is 0. The zero-order valence-corrected chi connectivity index (χ0v) is 15.7. The topological polar surface area (TPSA) is 143 Å². The molecular weight excluding hydrogens is 328 g/mol. The predicted octanol–water partition coefficient (Wildman–Crippen LogP) is 0.461. The smallest absolute Gasteiger partial charge is 0.408 e. The Bertz CT molecular complexity index is 448. The van der Waals surface area contributed by atoms with E-state index in [-0.39, 0.29) is 12.5 Å². The molecule has 25 heavy (non-hydrogen) atoms. The molecular formula is C16H32N4O5. The van der Waals surface area contributed by atoms with Gasteiger partial charge in [-0.25, -0.2) is 9.59 Å². The van der Waals surface area contributed by atoms with E-state index in [2.05, 4.69) is 16.0 Å². The molecule has 0 aromatic heterocycles. The predicted molar refractivity (Wildman–Crippen MR) is 93.8 cm³/mol. The lowest BCUT2D eigenvalue weighted by Crippen LogP contribution is -2.53. The molecule has 4 amide bonds. The maximum atomic E-state index is 12.4. The Labute approximate surface area is 149 Å². The van der Waals surface area contributed by atoms with Crippen molar-refractivity contribution in [3.05, 3.63) is 0 Å². The van der Waals surface area contributed by atoms with E-state index in [0.29, 0.717) is 19.4 Å². The minimum atomic E-state index is -0.785. The molecule has 0 saturated carbocycles. The number of amides is 4. The second-order valence-corrected chi connectivity index (χ2v) is 7.19. The van der Waals surface area contributed by atoms with Crippen molar-refractivity contribution in [2.45, 2.75) is 65.1 Å². The summed E-state index contributed by atoms with van der Waals surface area (Å²) in [4.78, 5) is 34.9. The number of hydrogen-bond donors (Lipinski definition) is 5. The number of nitrogens with one attached hydrogen (secondary N) is 3. The summed E-state index contributed by atoms with van der Waals surface area (Å²) in [6.07, 6.45) is 0.326. The molecule has 0 aliphatic rings. The number of aliphatic hydroxyl groups excluding tert-OH is 1. The van der Waals surface area contributed by atoms with Crippen LogP contribution in [-0.4, -0.2) is 54.0 Å². The van der Waals surface area contributed by atoms with E-state index in [1.165, 1.54) is 0 Å². The van der Waals surface area contributed by atoms with Gasteiger partial charge in [-0.3, -0.25) is 4.79 Å². The second-order valence-electron chi connectivity index (χ2n) is 7.19. The van der Waals surface area contributed by atoms with Gasteiger partial charge in [-0.1, -0.05) is 13.8 Å². The first-order chi connectivity index (χ1) is 11.5. The van der Waals surface area contributed by atoms with E-state index in [1.807, 2.05) is 0 Å². The third-order valence-corrected chi connectivity index (χ3v) is 3.22. The zero-order chi connectivity index (χ0) is 19.6. The van der Waals surface area contributed by atoms with Crippen molar-refractivity contribution < 1.29 is 24.2 Å². The van der Waals surface area contributed by atoms with Crippen LogP contribution in [0.1, 0.15) is 47.5 Å². The SMILES string of the molecule is CC(C)[C@H](NC(=O)OC(C)(C)C)C(=O)NC(CO)CCCNC(N)=O. The Kier molecular flexibility index (Phi) is 9.88. The molecule has 6 N–H and O–H groups in total. The Morgan fingerprint density at radius 1 is 1.16 bits per heavy atom. The molecule has 0 saturated heterocycles. The molecule has 0 rings (SSSR count). The number of carbonyl (C=O) groups is 3. The highest BCUT2D eigenvalue weighted by molar-refractivity contribution is 5.86. The average molecular weight is 360 g/mol. The molecule has 0 radical (unpaired) electrons. The molecule has 0 aromatic carbocycles. The van der Waals surface area contributed by atoms with Gasteiger partial charge in [-0.05, 0) is 39.5 Å². The first kappa shape index (κ1) is 23.0. The summed E-state index contributed by atoms with van der Waals surface area (Å²) < 4.78 is 5.17. The van der Waals surface area contributed by atoms with Crippen molar-refractivity contribution in [2.24, 2.45) is 11.7 Å². The van der Waals surface area contributed by atoms with Crippen LogP contribution in [0, 0.1) is 5.92 Å². The highest BCUT2D eigenvalue weighted by atomic mass is 16.6. The second kappa shape index (κ2) is 10.8. The minimum Gasteiger partial charge on any atom is -0.444 e. The van der Waals surface area contributed by atoms with Crippen molar-refractivity contribution in [3.63, 3.8) is 0 Å². The number of aliphatic hydroxyl groups is 1. The van der Waals surface area contributed by atoms with Gasteiger partial charge in [0.2, 0.25) is 5.91 Å². The standard InChI is InChI=1S/C16H32N4O5/c1-10(2)12(20-15(24)25-16(3,4)5)13(22)19-11(9-21)7-6-8-18-14(17)23/h10-12,21H,6-9H2,1-5H3,(H,19,22)(H,20,24)(H3,17,18,23)/t11?,12-/m0/s1. The number of rotatable bonds is 9. The summed E-state index contributed by atoms with van der Waals surface area (Å²) in [6, 6.07) is -1.89. The van der Waals surface area contributed by atoms with E-state index in [0.717, 1.165) is 0 Å². The van der Waals surface area contributed by atoms with Gasteiger partial charge in [-0.2, -0.15) is 0 Å². The first-order valence-electron chi connectivity index (χ1n) is 8.40. The number of primary amides is 1. The number of carbonyl (C=O) groups excluding carboxylic acids is 3. The lowest BCUT2D eigenvalue weighted by molar-refractivity contribution is -0.125. The molecule has 9 nitrogen and oxygen atoms in total. The van der Waals surface area contributed by atoms with Crippen molar-refractivity contribution >= 4 is 18.0 Å². The van der Waals surface area contributed by atoms with Crippen molar-refractivity contribution in [1.29, 1.82) is 0 Å². The van der Waals surface area contributed by atoms with Crippen LogP contribution in [0.2, 0.25) is 0 Å². The van der Waals surface area contributed by atoms with E-state index < -0.39 is 35.7 Å². The summed E-state index contributed by atoms with van der Waals surface area (Å²) in [6.45, 7) is 8.90. The molecule has 146 valence electrons. The normalized spacial score (nSPS) is 13.7. The van der Waals surface area contributed by atoms with Crippen LogP contribution in [-0.2, 0) is 9.53 Å². The van der Waals surface area contributed by atoms with Gasteiger partial charge < -0.3 is 31.5 Å². The number of hydrogen-bond acceptors (Lipinski definition) is 5. The van der Waals surface area contributed by atoms with Crippen molar-refractivity contribution in [3.8, 4) is 0 Å².